The van der Waals surface area contributed by atoms with Gasteiger partial charge in [-0.1, -0.05) is 85.6 Å². The van der Waals surface area contributed by atoms with Crippen molar-refractivity contribution < 1.29 is 9.73 Å². The van der Waals surface area contributed by atoms with Crippen molar-refractivity contribution in [2.24, 2.45) is 0 Å². The van der Waals surface area contributed by atoms with Crippen molar-refractivity contribution in [3.63, 3.8) is 0 Å². The molecule has 0 saturated heterocycles. The molecular formula is C20H22N2O2. The first-order valence-corrected chi connectivity index (χ1v) is 8.35. The maximum atomic E-state index is 9.75. The van der Waals surface area contributed by atoms with Crippen LogP contribution in [0, 0.1) is 0 Å². The van der Waals surface area contributed by atoms with Crippen LogP contribution in [0.4, 0.5) is 0 Å². The van der Waals surface area contributed by atoms with Crippen LogP contribution in [0.1, 0.15) is 37.8 Å². The van der Waals surface area contributed by atoms with Gasteiger partial charge >= 0.3 is 0 Å². The lowest BCUT2D eigenvalue weighted by atomic mass is 9.94. The Bertz CT molecular complexity index is 697. The van der Waals surface area contributed by atoms with Gasteiger partial charge in [0.25, 0.3) is 0 Å². The zero-order valence-electron chi connectivity index (χ0n) is 13.8. The highest BCUT2D eigenvalue weighted by molar-refractivity contribution is 5.73. The lowest BCUT2D eigenvalue weighted by molar-refractivity contribution is 0.121. The molecule has 0 radical (unpaired) electrons. The summed E-state index contributed by atoms with van der Waals surface area (Å²) in [6.07, 6.45) is 2.88. The Kier molecular flexibility index (Phi) is 5.41. The minimum absolute atomic E-state index is 0.221. The van der Waals surface area contributed by atoms with E-state index in [0.29, 0.717) is 5.76 Å². The molecule has 0 saturated carbocycles. The van der Waals surface area contributed by atoms with Crippen molar-refractivity contribution >= 4 is 0 Å². The lowest BCUT2D eigenvalue weighted by Crippen LogP contribution is -2.18. The van der Waals surface area contributed by atoms with Crippen molar-refractivity contribution in [2.75, 3.05) is 0 Å². The van der Waals surface area contributed by atoms with Gasteiger partial charge in [-0.25, -0.2) is 0 Å². The van der Waals surface area contributed by atoms with E-state index in [4.69, 9.17) is 4.52 Å². The maximum absolute atomic E-state index is 9.75. The molecule has 3 aromatic rings. The van der Waals surface area contributed by atoms with Crippen LogP contribution in [0.15, 0.2) is 65.2 Å². The van der Waals surface area contributed by atoms with Crippen LogP contribution >= 0.6 is 0 Å². The van der Waals surface area contributed by atoms with E-state index in [-0.39, 0.29) is 6.04 Å². The molecule has 0 fully saturated rings. The molecule has 2 aromatic carbocycles. The van der Waals surface area contributed by atoms with Gasteiger partial charge in [0.2, 0.25) is 0 Å². The predicted octanol–water partition coefficient (Wildman–Crippen LogP) is 5.22. The van der Waals surface area contributed by atoms with E-state index >= 15 is 0 Å². The van der Waals surface area contributed by atoms with Gasteiger partial charge in [-0.2, -0.15) is 5.48 Å². The second kappa shape index (κ2) is 7.90. The third kappa shape index (κ3) is 3.40. The van der Waals surface area contributed by atoms with E-state index in [0.717, 1.165) is 41.6 Å². The topological polar surface area (TPSA) is 58.3 Å². The van der Waals surface area contributed by atoms with Crippen molar-refractivity contribution in [1.29, 1.82) is 0 Å². The first-order chi connectivity index (χ1) is 11.8. The second-order valence-electron chi connectivity index (χ2n) is 5.83. The first kappa shape index (κ1) is 16.4. The standard InChI is InChI=1S/C20H22N2O2/c1-2-3-14-17(21-23)18-19(15-10-6-4-7-11-15)22-24-20(18)16-12-8-5-9-13-16/h4-13,17,21,23H,2-3,14H2,1H3. The zero-order valence-corrected chi connectivity index (χ0v) is 13.8. The highest BCUT2D eigenvalue weighted by atomic mass is 16.5. The third-order valence-corrected chi connectivity index (χ3v) is 4.16. The zero-order chi connectivity index (χ0) is 16.8. The summed E-state index contributed by atoms with van der Waals surface area (Å²) in [6, 6.07) is 19.6. The van der Waals surface area contributed by atoms with Crippen molar-refractivity contribution in [3.8, 4) is 22.6 Å². The van der Waals surface area contributed by atoms with E-state index in [1.54, 1.807) is 0 Å². The summed E-state index contributed by atoms with van der Waals surface area (Å²) >= 11 is 0. The average Bonchev–Trinajstić information content (AvgIpc) is 3.09. The van der Waals surface area contributed by atoms with E-state index in [2.05, 4.69) is 17.6 Å². The van der Waals surface area contributed by atoms with E-state index < -0.39 is 0 Å². The highest BCUT2D eigenvalue weighted by Gasteiger charge is 2.25. The number of nitrogens with zero attached hydrogens (tertiary/aromatic N) is 1. The summed E-state index contributed by atoms with van der Waals surface area (Å²) in [4.78, 5) is 0. The lowest BCUT2D eigenvalue weighted by Gasteiger charge is -2.16. The van der Waals surface area contributed by atoms with Crippen LogP contribution in [0.5, 0.6) is 0 Å². The van der Waals surface area contributed by atoms with Crippen LogP contribution in [0.25, 0.3) is 22.6 Å². The van der Waals surface area contributed by atoms with Gasteiger partial charge in [-0.15, -0.1) is 0 Å². The second-order valence-corrected chi connectivity index (χ2v) is 5.83. The van der Waals surface area contributed by atoms with Gasteiger partial charge in [-0.05, 0) is 6.42 Å². The summed E-state index contributed by atoms with van der Waals surface area (Å²) in [7, 11) is 0. The molecule has 4 heteroatoms. The van der Waals surface area contributed by atoms with Gasteiger partial charge in [0.05, 0.1) is 6.04 Å². The largest absolute Gasteiger partial charge is 0.355 e. The Morgan fingerprint density at radius 2 is 1.62 bits per heavy atom. The number of hydrogen-bond acceptors (Lipinski definition) is 4. The summed E-state index contributed by atoms with van der Waals surface area (Å²) in [5.41, 5.74) is 6.08. The molecule has 124 valence electrons. The number of aromatic nitrogens is 1. The third-order valence-electron chi connectivity index (χ3n) is 4.16. The molecule has 2 N–H and O–H groups in total. The Morgan fingerprint density at radius 1 is 1.00 bits per heavy atom. The smallest absolute Gasteiger partial charge is 0.172 e. The molecule has 1 aromatic heterocycles. The van der Waals surface area contributed by atoms with Crippen molar-refractivity contribution in [1.82, 2.24) is 10.6 Å². The predicted molar refractivity (Wildman–Crippen MR) is 94.6 cm³/mol. The number of benzene rings is 2. The molecule has 4 nitrogen and oxygen atoms in total. The fourth-order valence-corrected chi connectivity index (χ4v) is 2.90. The van der Waals surface area contributed by atoms with Crippen LogP contribution in [0.3, 0.4) is 0 Å². The minimum atomic E-state index is -0.221. The number of hydrogen-bond donors (Lipinski definition) is 2. The van der Waals surface area contributed by atoms with E-state index in [1.807, 2.05) is 60.7 Å². The number of rotatable bonds is 7. The monoisotopic (exact) mass is 322 g/mol. The van der Waals surface area contributed by atoms with Gasteiger partial charge in [0, 0.05) is 16.7 Å². The molecular weight excluding hydrogens is 300 g/mol. The molecule has 0 aliphatic rings. The first-order valence-electron chi connectivity index (χ1n) is 8.35. The number of nitrogens with one attached hydrogen (secondary N) is 1. The molecule has 0 bridgehead atoms. The Morgan fingerprint density at radius 3 is 2.21 bits per heavy atom. The summed E-state index contributed by atoms with van der Waals surface area (Å²) in [6.45, 7) is 2.14. The summed E-state index contributed by atoms with van der Waals surface area (Å²) in [5.74, 6) is 0.706. The van der Waals surface area contributed by atoms with Gasteiger partial charge in [-0.3, -0.25) is 0 Å². The number of unbranched alkanes of at least 4 members (excludes halogenated alkanes) is 1. The maximum Gasteiger partial charge on any atom is 0.172 e. The van der Waals surface area contributed by atoms with Crippen LogP contribution in [-0.2, 0) is 0 Å². The summed E-state index contributed by atoms with van der Waals surface area (Å²) < 4.78 is 5.70. The van der Waals surface area contributed by atoms with Crippen molar-refractivity contribution in [3.05, 3.63) is 66.2 Å². The Balaban J connectivity index is 2.12. The minimum Gasteiger partial charge on any atom is -0.355 e. The fourth-order valence-electron chi connectivity index (χ4n) is 2.90. The molecule has 0 amide bonds. The quantitative estimate of drug-likeness (QED) is 0.586. The van der Waals surface area contributed by atoms with Gasteiger partial charge < -0.3 is 9.73 Å². The summed E-state index contributed by atoms with van der Waals surface area (Å²) in [5, 5.41) is 14.1. The Labute approximate surface area is 142 Å². The number of hydroxylamine groups is 1. The molecule has 1 heterocycles. The van der Waals surface area contributed by atoms with Crippen molar-refractivity contribution in [2.45, 2.75) is 32.2 Å². The molecule has 1 atom stereocenters. The highest BCUT2D eigenvalue weighted by Crippen LogP contribution is 2.38. The Hall–Kier alpha value is -2.43. The normalized spacial score (nSPS) is 12.2. The van der Waals surface area contributed by atoms with Gasteiger partial charge in [0.1, 0.15) is 5.69 Å². The molecule has 0 spiro atoms. The van der Waals surface area contributed by atoms with Crippen LogP contribution in [-0.4, -0.2) is 10.4 Å². The average molecular weight is 322 g/mol. The SMILES string of the molecule is CCCCC(NO)c1c(-c2ccccc2)noc1-c1ccccc1. The van der Waals surface area contributed by atoms with Gasteiger partial charge in [0.15, 0.2) is 5.76 Å². The van der Waals surface area contributed by atoms with E-state index in [1.165, 1.54) is 0 Å². The molecule has 0 aliphatic carbocycles. The molecule has 3 rings (SSSR count). The fraction of sp³-hybridized carbons (Fsp3) is 0.250. The van der Waals surface area contributed by atoms with E-state index in [9.17, 15) is 5.21 Å². The molecule has 0 aliphatic heterocycles. The van der Waals surface area contributed by atoms with Crippen LogP contribution < -0.4 is 5.48 Å². The molecule has 24 heavy (non-hydrogen) atoms. The van der Waals surface area contributed by atoms with Crippen LogP contribution in [0.2, 0.25) is 0 Å². The molecule has 1 unspecified atom stereocenters.